The average Bonchev–Trinajstić information content (AvgIpc) is 2.03. The van der Waals surface area contributed by atoms with Crippen molar-refractivity contribution in [1.29, 1.82) is 0 Å². The molecule has 0 aliphatic rings. The van der Waals surface area contributed by atoms with E-state index in [4.69, 9.17) is 16.3 Å². The molecular formula is C9H12ClNO. The van der Waals surface area contributed by atoms with Gasteiger partial charge in [-0.25, -0.2) is 0 Å². The van der Waals surface area contributed by atoms with Gasteiger partial charge in [0.15, 0.2) is 0 Å². The Balaban J connectivity index is 3.03. The molecule has 66 valence electrons. The summed E-state index contributed by atoms with van der Waals surface area (Å²) in [6.45, 7) is 0. The molecule has 0 atom stereocenters. The number of methoxy groups -OCH3 is 1. The predicted molar refractivity (Wildman–Crippen MR) is 52.3 cm³/mol. The van der Waals surface area contributed by atoms with Gasteiger partial charge in [0, 0.05) is 20.2 Å². The van der Waals surface area contributed by atoms with Crippen LogP contribution in [0.15, 0.2) is 18.2 Å². The predicted octanol–water partition coefficient (Wildman–Crippen LogP) is 2.41. The Hall–Kier alpha value is -0.890. The van der Waals surface area contributed by atoms with Crippen molar-refractivity contribution in [2.24, 2.45) is 0 Å². The van der Waals surface area contributed by atoms with Crippen LogP contribution in [0.25, 0.3) is 0 Å². The minimum Gasteiger partial charge on any atom is -0.497 e. The first-order valence-electron chi connectivity index (χ1n) is 3.66. The third kappa shape index (κ3) is 1.83. The first kappa shape index (κ1) is 9.20. The van der Waals surface area contributed by atoms with Gasteiger partial charge in [-0.05, 0) is 12.1 Å². The van der Waals surface area contributed by atoms with Gasteiger partial charge < -0.3 is 9.64 Å². The third-order valence-corrected chi connectivity index (χ3v) is 1.94. The van der Waals surface area contributed by atoms with Gasteiger partial charge in [-0.15, -0.1) is 0 Å². The minimum absolute atomic E-state index is 0.708. The maximum Gasteiger partial charge on any atom is 0.120 e. The van der Waals surface area contributed by atoms with E-state index in [1.54, 1.807) is 13.2 Å². The molecule has 0 amide bonds. The van der Waals surface area contributed by atoms with Crippen LogP contribution in [0.5, 0.6) is 5.75 Å². The van der Waals surface area contributed by atoms with Crippen LogP contribution in [-0.4, -0.2) is 21.2 Å². The summed E-state index contributed by atoms with van der Waals surface area (Å²) in [6.07, 6.45) is 0. The van der Waals surface area contributed by atoms with Crippen LogP contribution >= 0.6 is 11.6 Å². The van der Waals surface area contributed by atoms with E-state index < -0.39 is 0 Å². The quantitative estimate of drug-likeness (QED) is 0.702. The van der Waals surface area contributed by atoms with Gasteiger partial charge in [0.25, 0.3) is 0 Å². The molecule has 0 radical (unpaired) electrons. The Morgan fingerprint density at radius 3 is 2.42 bits per heavy atom. The Labute approximate surface area is 77.7 Å². The summed E-state index contributed by atoms with van der Waals surface area (Å²) in [5.74, 6) is 0.783. The number of ether oxygens (including phenoxy) is 1. The van der Waals surface area contributed by atoms with Gasteiger partial charge in [0.05, 0.1) is 17.8 Å². The summed E-state index contributed by atoms with van der Waals surface area (Å²) in [7, 11) is 5.53. The molecule has 2 nitrogen and oxygen atoms in total. The number of hydrogen-bond acceptors (Lipinski definition) is 2. The lowest BCUT2D eigenvalue weighted by Gasteiger charge is -2.14. The van der Waals surface area contributed by atoms with Crippen LogP contribution in [0.2, 0.25) is 5.02 Å². The van der Waals surface area contributed by atoms with Gasteiger partial charge in [-0.3, -0.25) is 0 Å². The monoisotopic (exact) mass is 185 g/mol. The molecule has 0 bridgehead atoms. The van der Waals surface area contributed by atoms with Gasteiger partial charge in [-0.2, -0.15) is 0 Å². The summed E-state index contributed by atoms with van der Waals surface area (Å²) in [5.41, 5.74) is 0.998. The highest BCUT2D eigenvalue weighted by molar-refractivity contribution is 6.33. The molecule has 0 N–H and O–H groups in total. The van der Waals surface area contributed by atoms with Crippen molar-refractivity contribution in [2.45, 2.75) is 0 Å². The topological polar surface area (TPSA) is 12.5 Å². The number of nitrogens with zero attached hydrogens (tertiary/aromatic N) is 1. The van der Waals surface area contributed by atoms with E-state index in [0.29, 0.717) is 5.02 Å². The molecule has 0 heterocycles. The van der Waals surface area contributed by atoms with Gasteiger partial charge in [0.2, 0.25) is 0 Å². The van der Waals surface area contributed by atoms with Crippen LogP contribution in [0, 0.1) is 0 Å². The fraction of sp³-hybridized carbons (Fsp3) is 0.333. The van der Waals surface area contributed by atoms with Crippen LogP contribution in [0.4, 0.5) is 5.69 Å². The lowest BCUT2D eigenvalue weighted by Crippen LogP contribution is -2.08. The zero-order chi connectivity index (χ0) is 9.14. The fourth-order valence-electron chi connectivity index (χ4n) is 0.977. The Kier molecular flexibility index (Phi) is 2.82. The zero-order valence-corrected chi connectivity index (χ0v) is 8.22. The molecule has 1 rings (SSSR count). The Morgan fingerprint density at radius 1 is 1.33 bits per heavy atom. The van der Waals surface area contributed by atoms with E-state index in [-0.39, 0.29) is 0 Å². The number of halogens is 1. The lowest BCUT2D eigenvalue weighted by molar-refractivity contribution is 0.415. The van der Waals surface area contributed by atoms with E-state index in [9.17, 15) is 0 Å². The van der Waals surface area contributed by atoms with Crippen molar-refractivity contribution in [3.8, 4) is 5.75 Å². The maximum absolute atomic E-state index is 5.98. The molecule has 0 saturated heterocycles. The highest BCUT2D eigenvalue weighted by Crippen LogP contribution is 2.28. The Morgan fingerprint density at radius 2 is 2.00 bits per heavy atom. The SMILES string of the molecule is COc1ccc(N(C)C)c(Cl)c1. The lowest BCUT2D eigenvalue weighted by atomic mass is 10.3. The first-order valence-corrected chi connectivity index (χ1v) is 4.04. The molecule has 0 aliphatic heterocycles. The van der Waals surface area contributed by atoms with Gasteiger partial charge >= 0.3 is 0 Å². The molecule has 1 aromatic rings. The summed E-state index contributed by atoms with van der Waals surface area (Å²) < 4.78 is 5.03. The molecular weight excluding hydrogens is 174 g/mol. The van der Waals surface area contributed by atoms with E-state index in [1.807, 2.05) is 31.1 Å². The van der Waals surface area contributed by atoms with Crippen molar-refractivity contribution in [2.75, 3.05) is 26.1 Å². The van der Waals surface area contributed by atoms with E-state index in [2.05, 4.69) is 0 Å². The Bertz CT molecular complexity index is 273. The second-order valence-corrected chi connectivity index (χ2v) is 3.12. The average molecular weight is 186 g/mol. The van der Waals surface area contributed by atoms with Crippen molar-refractivity contribution >= 4 is 17.3 Å². The number of rotatable bonds is 2. The molecule has 3 heteroatoms. The molecule has 0 aromatic heterocycles. The third-order valence-electron chi connectivity index (χ3n) is 1.64. The molecule has 0 unspecified atom stereocenters. The largest absolute Gasteiger partial charge is 0.497 e. The molecule has 0 fully saturated rings. The molecule has 0 saturated carbocycles. The van der Waals surface area contributed by atoms with Crippen LogP contribution < -0.4 is 9.64 Å². The van der Waals surface area contributed by atoms with E-state index in [0.717, 1.165) is 11.4 Å². The molecule has 1 aromatic carbocycles. The zero-order valence-electron chi connectivity index (χ0n) is 7.47. The second kappa shape index (κ2) is 3.68. The molecule has 0 aliphatic carbocycles. The van der Waals surface area contributed by atoms with Gasteiger partial charge in [0.1, 0.15) is 5.75 Å². The number of anilines is 1. The van der Waals surface area contributed by atoms with Crippen LogP contribution in [0.1, 0.15) is 0 Å². The summed E-state index contributed by atoms with van der Waals surface area (Å²) >= 11 is 5.98. The first-order chi connectivity index (χ1) is 5.65. The van der Waals surface area contributed by atoms with Crippen LogP contribution in [-0.2, 0) is 0 Å². The summed E-state index contributed by atoms with van der Waals surface area (Å²) in [6, 6.07) is 5.62. The van der Waals surface area contributed by atoms with E-state index >= 15 is 0 Å². The highest BCUT2D eigenvalue weighted by atomic mass is 35.5. The van der Waals surface area contributed by atoms with Crippen molar-refractivity contribution in [3.63, 3.8) is 0 Å². The van der Waals surface area contributed by atoms with Crippen LogP contribution in [0.3, 0.4) is 0 Å². The van der Waals surface area contributed by atoms with Crippen molar-refractivity contribution < 1.29 is 4.74 Å². The van der Waals surface area contributed by atoms with Crippen molar-refractivity contribution in [3.05, 3.63) is 23.2 Å². The normalized spacial score (nSPS) is 9.67. The fourth-order valence-corrected chi connectivity index (χ4v) is 1.32. The smallest absolute Gasteiger partial charge is 0.120 e. The number of benzene rings is 1. The second-order valence-electron chi connectivity index (χ2n) is 2.71. The summed E-state index contributed by atoms with van der Waals surface area (Å²) in [5, 5.41) is 0.708. The minimum atomic E-state index is 0.708. The highest BCUT2D eigenvalue weighted by Gasteiger charge is 2.02. The van der Waals surface area contributed by atoms with E-state index in [1.165, 1.54) is 0 Å². The molecule has 0 spiro atoms. The standard InChI is InChI=1S/C9H12ClNO/c1-11(2)9-5-4-7(12-3)6-8(9)10/h4-6H,1-3H3. The van der Waals surface area contributed by atoms with Crippen molar-refractivity contribution in [1.82, 2.24) is 0 Å². The number of hydrogen-bond donors (Lipinski definition) is 0. The summed E-state index contributed by atoms with van der Waals surface area (Å²) in [4.78, 5) is 1.96. The van der Waals surface area contributed by atoms with Gasteiger partial charge in [-0.1, -0.05) is 11.6 Å². The molecule has 12 heavy (non-hydrogen) atoms. The maximum atomic E-state index is 5.98.